The Labute approximate surface area is 150 Å². The summed E-state index contributed by atoms with van der Waals surface area (Å²) < 4.78 is 1.63. The third-order valence-corrected chi connectivity index (χ3v) is 4.41. The number of aromatic nitrogens is 4. The van der Waals surface area contributed by atoms with E-state index in [0.29, 0.717) is 22.2 Å². The van der Waals surface area contributed by atoms with Crippen LogP contribution >= 0.6 is 11.8 Å². The second-order valence-corrected chi connectivity index (χ2v) is 6.72. The fourth-order valence-corrected chi connectivity index (χ4v) is 3.04. The molecule has 0 aliphatic carbocycles. The average molecular weight is 353 g/mol. The second-order valence-electron chi connectivity index (χ2n) is 5.77. The van der Waals surface area contributed by atoms with Crippen LogP contribution in [0, 0.1) is 0 Å². The minimum Gasteiger partial charge on any atom is -0.383 e. The molecule has 3 rings (SSSR count). The molecule has 0 atom stereocenters. The van der Waals surface area contributed by atoms with Crippen LogP contribution in [0.1, 0.15) is 28.5 Å². The molecule has 0 unspecified atom stereocenters. The summed E-state index contributed by atoms with van der Waals surface area (Å²) in [5, 5.41) is 5.17. The van der Waals surface area contributed by atoms with Crippen molar-refractivity contribution < 1.29 is 4.79 Å². The first kappa shape index (κ1) is 17.2. The first-order chi connectivity index (χ1) is 12.0. The lowest BCUT2D eigenvalue weighted by atomic mass is 10.1. The molecule has 0 radical (unpaired) electrons. The van der Waals surface area contributed by atoms with E-state index in [2.05, 4.69) is 27.2 Å². The number of thioether (sulfide) groups is 1. The molecule has 2 aromatic heterocycles. The van der Waals surface area contributed by atoms with E-state index in [0.717, 1.165) is 5.75 Å². The number of hydrogen-bond donors (Lipinski definition) is 0. The van der Waals surface area contributed by atoms with E-state index in [1.165, 1.54) is 12.5 Å². The van der Waals surface area contributed by atoms with Crippen molar-refractivity contribution in [3.05, 3.63) is 59.5 Å². The maximum Gasteiger partial charge on any atom is 0.253 e. The molecule has 0 fully saturated rings. The molecule has 7 heteroatoms. The van der Waals surface area contributed by atoms with E-state index >= 15 is 0 Å². The largest absolute Gasteiger partial charge is 0.383 e. The van der Waals surface area contributed by atoms with Gasteiger partial charge in [-0.2, -0.15) is 9.50 Å². The van der Waals surface area contributed by atoms with Gasteiger partial charge in [0.2, 0.25) is 5.16 Å². The molecule has 6 nitrogen and oxygen atoms in total. The summed E-state index contributed by atoms with van der Waals surface area (Å²) >= 11 is 1.54. The van der Waals surface area contributed by atoms with Crippen LogP contribution < -0.4 is 0 Å². The van der Waals surface area contributed by atoms with Gasteiger partial charge in [-0.1, -0.05) is 42.1 Å². The fraction of sp³-hybridized carbons (Fsp3) is 0.222. The number of hydrogen-bond acceptors (Lipinski definition) is 6. The highest BCUT2D eigenvalue weighted by Gasteiger charge is 2.14. The van der Waals surface area contributed by atoms with Crippen molar-refractivity contribution in [1.82, 2.24) is 24.5 Å². The Hall–Kier alpha value is -2.67. The zero-order chi connectivity index (χ0) is 17.8. The number of rotatable bonds is 6. The Morgan fingerprint density at radius 3 is 2.72 bits per heavy atom. The summed E-state index contributed by atoms with van der Waals surface area (Å²) in [6.45, 7) is 1.53. The number of carbonyl (C=O) groups excluding carboxylic acids is 1. The van der Waals surface area contributed by atoms with Gasteiger partial charge < -0.3 is 4.90 Å². The van der Waals surface area contributed by atoms with E-state index in [1.54, 1.807) is 22.5 Å². The Kier molecular flexibility index (Phi) is 5.14. The third-order valence-electron chi connectivity index (χ3n) is 3.50. The van der Waals surface area contributed by atoms with Crippen molar-refractivity contribution in [3.63, 3.8) is 0 Å². The summed E-state index contributed by atoms with van der Waals surface area (Å²) in [5.74, 6) is 1.21. The SMILES string of the molecule is CC(=O)c1cnc2nc(SCc3ccccc3)nn2c1/C=C/N(C)C. The Bertz CT molecular complexity index is 918. The number of fused-ring (bicyclic) bond motifs is 1. The average Bonchev–Trinajstić information content (AvgIpc) is 3.01. The lowest BCUT2D eigenvalue weighted by Crippen LogP contribution is -2.07. The van der Waals surface area contributed by atoms with Gasteiger partial charge in [0.05, 0.1) is 11.3 Å². The standard InChI is InChI=1S/C18H19N5OS/c1-13(24)15-11-19-17-20-18(25-12-14-7-5-4-6-8-14)21-23(17)16(15)9-10-22(2)3/h4-11H,12H2,1-3H3/b10-9+. The molecule has 1 aromatic carbocycles. The predicted octanol–water partition coefficient (Wildman–Crippen LogP) is 3.15. The van der Waals surface area contributed by atoms with Crippen molar-refractivity contribution in [2.24, 2.45) is 0 Å². The molecule has 128 valence electrons. The van der Waals surface area contributed by atoms with Gasteiger partial charge in [0.15, 0.2) is 5.78 Å². The molecule has 0 N–H and O–H groups in total. The van der Waals surface area contributed by atoms with Gasteiger partial charge >= 0.3 is 0 Å². The maximum absolute atomic E-state index is 11.9. The quantitative estimate of drug-likeness (QED) is 0.501. The number of benzene rings is 1. The van der Waals surface area contributed by atoms with Crippen molar-refractivity contribution in [3.8, 4) is 0 Å². The Morgan fingerprint density at radius 2 is 2.04 bits per heavy atom. The molecular weight excluding hydrogens is 334 g/mol. The van der Waals surface area contributed by atoms with Crippen LogP contribution in [0.3, 0.4) is 0 Å². The van der Waals surface area contributed by atoms with Crippen LogP contribution in [0.5, 0.6) is 0 Å². The maximum atomic E-state index is 11.9. The number of carbonyl (C=O) groups is 1. The van der Waals surface area contributed by atoms with Crippen molar-refractivity contribution in [2.75, 3.05) is 14.1 Å². The summed E-state index contributed by atoms with van der Waals surface area (Å²) in [6, 6.07) is 10.2. The molecule has 0 saturated heterocycles. The zero-order valence-corrected chi connectivity index (χ0v) is 15.2. The van der Waals surface area contributed by atoms with Crippen LogP contribution in [-0.2, 0) is 5.75 Å². The zero-order valence-electron chi connectivity index (χ0n) is 14.4. The van der Waals surface area contributed by atoms with Gasteiger partial charge in [0.1, 0.15) is 0 Å². The van der Waals surface area contributed by atoms with E-state index in [9.17, 15) is 4.79 Å². The highest BCUT2D eigenvalue weighted by atomic mass is 32.2. The summed E-state index contributed by atoms with van der Waals surface area (Å²) in [4.78, 5) is 22.6. The van der Waals surface area contributed by atoms with Crippen molar-refractivity contribution >= 4 is 29.4 Å². The van der Waals surface area contributed by atoms with Crippen molar-refractivity contribution in [2.45, 2.75) is 17.8 Å². The molecule has 25 heavy (non-hydrogen) atoms. The molecule has 3 aromatic rings. The van der Waals surface area contributed by atoms with Gasteiger partial charge in [-0.15, -0.1) is 5.10 Å². The molecular formula is C18H19N5OS. The minimum atomic E-state index is -0.0539. The highest BCUT2D eigenvalue weighted by Crippen LogP contribution is 2.21. The van der Waals surface area contributed by atoms with Crippen LogP contribution in [-0.4, -0.2) is 44.4 Å². The van der Waals surface area contributed by atoms with Gasteiger partial charge in [-0.25, -0.2) is 4.98 Å². The van der Waals surface area contributed by atoms with E-state index in [4.69, 9.17) is 0 Å². The first-order valence-corrected chi connectivity index (χ1v) is 8.81. The molecule has 0 aliphatic rings. The Morgan fingerprint density at radius 1 is 1.28 bits per heavy atom. The highest BCUT2D eigenvalue weighted by molar-refractivity contribution is 7.98. The number of ketones is 1. The predicted molar refractivity (Wildman–Crippen MR) is 99.5 cm³/mol. The minimum absolute atomic E-state index is 0.0539. The normalized spacial score (nSPS) is 11.3. The lowest BCUT2D eigenvalue weighted by Gasteiger charge is -2.06. The van der Waals surface area contributed by atoms with Gasteiger partial charge in [0, 0.05) is 32.2 Å². The van der Waals surface area contributed by atoms with Crippen molar-refractivity contribution in [1.29, 1.82) is 0 Å². The molecule has 0 spiro atoms. The van der Waals surface area contributed by atoms with E-state index in [1.807, 2.05) is 49.5 Å². The van der Waals surface area contributed by atoms with Gasteiger partial charge in [-0.05, 0) is 18.6 Å². The molecule has 2 heterocycles. The lowest BCUT2D eigenvalue weighted by molar-refractivity contribution is 0.101. The van der Waals surface area contributed by atoms with Crippen LogP contribution in [0.15, 0.2) is 47.9 Å². The monoisotopic (exact) mass is 353 g/mol. The third kappa shape index (κ3) is 4.06. The van der Waals surface area contributed by atoms with Crippen LogP contribution in [0.2, 0.25) is 0 Å². The second kappa shape index (κ2) is 7.48. The topological polar surface area (TPSA) is 63.4 Å². The van der Waals surface area contributed by atoms with Crippen LogP contribution in [0.25, 0.3) is 11.9 Å². The summed E-state index contributed by atoms with van der Waals surface area (Å²) in [6.07, 6.45) is 5.29. The summed E-state index contributed by atoms with van der Waals surface area (Å²) in [7, 11) is 3.84. The number of nitrogens with zero attached hydrogens (tertiary/aromatic N) is 5. The molecule has 0 amide bonds. The fourth-order valence-electron chi connectivity index (χ4n) is 2.27. The smallest absolute Gasteiger partial charge is 0.253 e. The van der Waals surface area contributed by atoms with E-state index < -0.39 is 0 Å². The van der Waals surface area contributed by atoms with Crippen LogP contribution in [0.4, 0.5) is 0 Å². The molecule has 0 saturated carbocycles. The van der Waals surface area contributed by atoms with Gasteiger partial charge in [0.25, 0.3) is 5.78 Å². The summed E-state index contributed by atoms with van der Waals surface area (Å²) in [5.41, 5.74) is 2.41. The molecule has 0 aliphatic heterocycles. The Balaban J connectivity index is 1.95. The van der Waals surface area contributed by atoms with Gasteiger partial charge in [-0.3, -0.25) is 4.79 Å². The molecule has 0 bridgehead atoms. The van der Waals surface area contributed by atoms with E-state index in [-0.39, 0.29) is 5.78 Å². The number of Topliss-reactive ketones (excluding diaryl/α,β-unsaturated/α-hetero) is 1. The first-order valence-electron chi connectivity index (χ1n) is 7.82.